The molecule has 2 saturated heterocycles. The topological polar surface area (TPSA) is 127 Å². The Morgan fingerprint density at radius 1 is 1.17 bits per heavy atom. The minimum Gasteiger partial charge on any atom is -0.497 e. The van der Waals surface area contributed by atoms with Crippen LogP contribution in [0.1, 0.15) is 30.4 Å². The Labute approximate surface area is 272 Å². The Balaban J connectivity index is 1.29. The minimum atomic E-state index is -0.237. The average molecular weight is 640 g/mol. The molecule has 1 aromatic heterocycles. The fourth-order valence-corrected chi connectivity index (χ4v) is 5.66. The number of nitrogens with one attached hydrogen (secondary N) is 3. The Hall–Kier alpha value is -4.82. The Morgan fingerprint density at radius 3 is 2.80 bits per heavy atom. The average Bonchev–Trinajstić information content (AvgIpc) is 3.59. The summed E-state index contributed by atoms with van der Waals surface area (Å²) in [7, 11) is 1.62. The van der Waals surface area contributed by atoms with Crippen molar-refractivity contribution in [2.45, 2.75) is 32.0 Å². The number of amides is 1. The van der Waals surface area contributed by atoms with Crippen molar-refractivity contribution in [1.82, 2.24) is 10.3 Å². The van der Waals surface area contributed by atoms with Crippen molar-refractivity contribution in [3.8, 4) is 23.3 Å². The highest BCUT2D eigenvalue weighted by Crippen LogP contribution is 2.38. The molecule has 1 unspecified atom stereocenters. The largest absolute Gasteiger partial charge is 0.497 e. The molecule has 236 valence electrons. The van der Waals surface area contributed by atoms with Gasteiger partial charge in [0.15, 0.2) is 0 Å². The number of piperidine rings is 1. The van der Waals surface area contributed by atoms with Gasteiger partial charge in [-0.2, -0.15) is 5.26 Å². The maximum absolute atomic E-state index is 13.1. The molecule has 0 saturated carbocycles. The lowest BCUT2D eigenvalue weighted by molar-refractivity contribution is -0.112. The molecule has 1 atom stereocenters. The fraction of sp³-hybridized carbons (Fsp3) is 0.286. The van der Waals surface area contributed by atoms with Gasteiger partial charge in [-0.25, -0.2) is 0 Å². The van der Waals surface area contributed by atoms with E-state index in [-0.39, 0.29) is 12.0 Å². The van der Waals surface area contributed by atoms with Crippen molar-refractivity contribution in [1.29, 1.82) is 5.26 Å². The summed E-state index contributed by atoms with van der Waals surface area (Å²) in [6.45, 7) is 3.10. The summed E-state index contributed by atoms with van der Waals surface area (Å²) < 4.78 is 23.0. The van der Waals surface area contributed by atoms with E-state index in [4.69, 9.17) is 30.5 Å². The highest BCUT2D eigenvalue weighted by molar-refractivity contribution is 6.32. The molecule has 0 spiro atoms. The molecular formula is C35H34ClN5O5. The number of aromatic nitrogens is 1. The number of rotatable bonds is 10. The molecule has 4 aromatic rings. The zero-order valence-corrected chi connectivity index (χ0v) is 26.2. The van der Waals surface area contributed by atoms with Gasteiger partial charge in [-0.15, -0.1) is 0 Å². The Kier molecular flexibility index (Phi) is 9.84. The van der Waals surface area contributed by atoms with Crippen LogP contribution in [0.2, 0.25) is 5.02 Å². The van der Waals surface area contributed by atoms with Crippen LogP contribution in [-0.4, -0.2) is 50.4 Å². The second kappa shape index (κ2) is 14.5. The number of carbonyl (C=O) groups is 1. The van der Waals surface area contributed by atoms with Crippen molar-refractivity contribution in [3.63, 3.8) is 0 Å². The number of halogens is 1. The summed E-state index contributed by atoms with van der Waals surface area (Å²) in [6, 6.07) is 18.8. The van der Waals surface area contributed by atoms with Crippen LogP contribution in [0, 0.1) is 11.3 Å². The molecule has 46 heavy (non-hydrogen) atoms. The van der Waals surface area contributed by atoms with Gasteiger partial charge in [-0.1, -0.05) is 29.3 Å². The lowest BCUT2D eigenvalue weighted by Gasteiger charge is -2.19. The number of anilines is 3. The summed E-state index contributed by atoms with van der Waals surface area (Å²) in [4.78, 5) is 17.7. The number of pyridine rings is 1. The molecule has 2 aliphatic rings. The number of carbonyl (C=O) groups excluding carboxylic acids is 1. The molecule has 0 aliphatic carbocycles. The van der Waals surface area contributed by atoms with E-state index in [0.29, 0.717) is 69.9 Å². The predicted molar refractivity (Wildman–Crippen MR) is 177 cm³/mol. The molecule has 3 heterocycles. The van der Waals surface area contributed by atoms with Gasteiger partial charge >= 0.3 is 0 Å². The van der Waals surface area contributed by atoms with Crippen molar-refractivity contribution in [2.75, 3.05) is 44.0 Å². The second-order valence-corrected chi connectivity index (χ2v) is 11.5. The molecule has 1 amide bonds. The van der Waals surface area contributed by atoms with Gasteiger partial charge in [0.2, 0.25) is 5.91 Å². The third kappa shape index (κ3) is 7.51. The molecule has 0 radical (unpaired) electrons. The molecular weight excluding hydrogens is 606 g/mol. The van der Waals surface area contributed by atoms with E-state index in [0.717, 1.165) is 49.2 Å². The van der Waals surface area contributed by atoms with Gasteiger partial charge < -0.3 is 34.9 Å². The molecule has 11 heteroatoms. The lowest BCUT2D eigenvalue weighted by atomic mass is 10.0. The number of nitriles is 1. The van der Waals surface area contributed by atoms with Gasteiger partial charge in [0.1, 0.15) is 36.0 Å². The van der Waals surface area contributed by atoms with Gasteiger partial charge in [0.25, 0.3) is 0 Å². The van der Waals surface area contributed by atoms with Crippen LogP contribution in [0.4, 0.5) is 17.1 Å². The van der Waals surface area contributed by atoms with E-state index >= 15 is 0 Å². The Bertz CT molecular complexity index is 1810. The number of benzene rings is 3. The first-order chi connectivity index (χ1) is 22.5. The number of methoxy groups -OCH3 is 1. The first kappa shape index (κ1) is 31.2. The molecule has 2 aliphatic heterocycles. The number of fused-ring (bicyclic) bond motifs is 1. The highest BCUT2D eigenvalue weighted by Gasteiger charge is 2.22. The third-order valence-electron chi connectivity index (χ3n) is 7.84. The molecule has 2 fully saturated rings. The maximum atomic E-state index is 13.1. The van der Waals surface area contributed by atoms with Crippen LogP contribution >= 0.6 is 11.6 Å². The van der Waals surface area contributed by atoms with E-state index in [1.165, 1.54) is 6.20 Å². The standard InChI is InChI=1S/C35H34ClN5O5/c1-43-26-4-2-3-23(13-26)20-45-32-6-5-25(15-29(32)36)40-35-24(18-37)19-39-30-17-33(46-27-9-12-44-21-27)31(16-28(30)35)41-34(42)14-22-7-10-38-11-8-22/h2-6,13-17,19,27,38H,7-12,20-21H2,1H3,(H,39,40)(H,41,42). The number of ether oxygens (including phenoxy) is 4. The second-order valence-electron chi connectivity index (χ2n) is 11.1. The van der Waals surface area contributed by atoms with Crippen LogP contribution < -0.4 is 30.2 Å². The molecule has 6 rings (SSSR count). The van der Waals surface area contributed by atoms with Crippen molar-refractivity contribution >= 4 is 45.5 Å². The summed E-state index contributed by atoms with van der Waals surface area (Å²) in [6.07, 6.45) is 5.43. The Morgan fingerprint density at radius 2 is 2.04 bits per heavy atom. The monoisotopic (exact) mass is 639 g/mol. The van der Waals surface area contributed by atoms with E-state index in [1.54, 1.807) is 37.5 Å². The summed E-state index contributed by atoms with van der Waals surface area (Å²) >= 11 is 6.63. The summed E-state index contributed by atoms with van der Waals surface area (Å²) in [5.74, 6) is 1.51. The van der Waals surface area contributed by atoms with Gasteiger partial charge in [-0.05, 0) is 67.9 Å². The van der Waals surface area contributed by atoms with E-state index < -0.39 is 0 Å². The van der Waals surface area contributed by atoms with Crippen molar-refractivity contribution in [3.05, 3.63) is 88.6 Å². The molecule has 10 nitrogen and oxygen atoms in total. The summed E-state index contributed by atoms with van der Waals surface area (Å²) in [5, 5.41) is 20.7. The van der Waals surface area contributed by atoms with Crippen LogP contribution in [-0.2, 0) is 16.1 Å². The normalized spacial score (nSPS) is 16.0. The first-order valence-corrected chi connectivity index (χ1v) is 15.5. The van der Waals surface area contributed by atoms with Crippen LogP contribution in [0.5, 0.6) is 17.2 Å². The minimum absolute atomic E-state index is 0.140. The third-order valence-corrected chi connectivity index (χ3v) is 8.14. The number of nitrogens with zero attached hydrogens (tertiary/aromatic N) is 2. The first-order valence-electron chi connectivity index (χ1n) is 15.1. The van der Waals surface area contributed by atoms with Gasteiger partial charge in [0, 0.05) is 35.8 Å². The van der Waals surface area contributed by atoms with E-state index in [2.05, 4.69) is 27.0 Å². The van der Waals surface area contributed by atoms with Crippen LogP contribution in [0.25, 0.3) is 10.9 Å². The highest BCUT2D eigenvalue weighted by atomic mass is 35.5. The zero-order valence-electron chi connectivity index (χ0n) is 25.4. The number of hydrogen-bond acceptors (Lipinski definition) is 9. The van der Waals surface area contributed by atoms with Crippen molar-refractivity contribution in [2.24, 2.45) is 0 Å². The quantitative estimate of drug-likeness (QED) is 0.167. The summed E-state index contributed by atoms with van der Waals surface area (Å²) in [5.41, 5.74) is 4.60. The lowest BCUT2D eigenvalue weighted by Crippen LogP contribution is -2.24. The van der Waals surface area contributed by atoms with Crippen LogP contribution in [0.3, 0.4) is 0 Å². The molecule has 0 bridgehead atoms. The van der Waals surface area contributed by atoms with Gasteiger partial charge in [0.05, 0.1) is 47.8 Å². The number of hydrogen-bond donors (Lipinski definition) is 3. The smallest absolute Gasteiger partial charge is 0.248 e. The fourth-order valence-electron chi connectivity index (χ4n) is 5.43. The van der Waals surface area contributed by atoms with E-state index in [1.807, 2.05) is 30.3 Å². The zero-order chi connectivity index (χ0) is 31.9. The van der Waals surface area contributed by atoms with Crippen molar-refractivity contribution < 1.29 is 23.7 Å². The predicted octanol–water partition coefficient (Wildman–Crippen LogP) is 6.51. The molecule has 3 aromatic carbocycles. The van der Waals surface area contributed by atoms with Gasteiger partial charge in [-0.3, -0.25) is 9.78 Å². The SMILES string of the molecule is COc1cccc(COc2ccc(Nc3c(C#N)cnc4cc(OC5CCOC5)c(NC(=O)C=C5CCNCC5)cc34)cc2Cl)c1. The van der Waals surface area contributed by atoms with E-state index in [9.17, 15) is 10.1 Å². The van der Waals surface area contributed by atoms with Crippen LogP contribution in [0.15, 0.2) is 72.4 Å². The maximum Gasteiger partial charge on any atom is 0.248 e. The molecule has 3 N–H and O–H groups in total.